The smallest absolute Gasteiger partial charge is 0.306 e. The van der Waals surface area contributed by atoms with Crippen LogP contribution in [-0.4, -0.2) is 37.2 Å². The fourth-order valence-electron chi connectivity index (χ4n) is 8.87. The molecule has 0 heterocycles. The van der Waals surface area contributed by atoms with Gasteiger partial charge in [0, 0.05) is 19.3 Å². The Balaban J connectivity index is 3.98. The summed E-state index contributed by atoms with van der Waals surface area (Å²) in [5, 5.41) is 0. The fraction of sp³-hybridized carbons (Fsp3) is 0.825. The van der Waals surface area contributed by atoms with Crippen molar-refractivity contribution in [2.75, 3.05) is 13.2 Å². The highest BCUT2D eigenvalue weighted by Gasteiger charge is 2.19. The molecule has 1 atom stereocenters. The molecule has 0 aliphatic heterocycles. The SMILES string of the molecule is CC/C=C\C/C=C\C/C=C\C/C=C\CCC(=O)OC(COC(=O)CCCCCCCCC)COC(=O)CCCCCCCCCCCCCCCCCCCCCCCCCCCCCCCCC. The average molecular weight is 968 g/mol. The van der Waals surface area contributed by atoms with Crippen LogP contribution in [0.2, 0.25) is 0 Å². The molecular weight excluding hydrogens is 853 g/mol. The van der Waals surface area contributed by atoms with Crippen LogP contribution in [0.15, 0.2) is 48.6 Å². The van der Waals surface area contributed by atoms with E-state index in [2.05, 4.69) is 57.2 Å². The van der Waals surface area contributed by atoms with Gasteiger partial charge in [-0.15, -0.1) is 0 Å². The van der Waals surface area contributed by atoms with Gasteiger partial charge in [0.05, 0.1) is 0 Å². The molecule has 6 heteroatoms. The molecule has 0 N–H and O–H groups in total. The van der Waals surface area contributed by atoms with Gasteiger partial charge in [-0.25, -0.2) is 0 Å². The third kappa shape index (κ3) is 56.2. The lowest BCUT2D eigenvalue weighted by Gasteiger charge is -2.18. The molecule has 0 rings (SSSR count). The standard InChI is InChI=1S/C63H114O6/c1-4-7-10-13-16-18-20-22-23-24-25-26-27-28-29-30-31-32-33-34-35-36-37-38-39-41-42-44-47-50-53-56-62(65)68-59-60(58-67-61(64)55-52-49-46-15-12-9-6-3)69-63(66)57-54-51-48-45-43-40-21-19-17-14-11-8-5-2/h8,11,17,19,40,43,48,51,60H,4-7,9-10,12-16,18,20-39,41-42,44-47,49-50,52-59H2,1-3H3/b11-8-,19-17-,43-40-,51-48-. The van der Waals surface area contributed by atoms with Crippen molar-refractivity contribution in [1.82, 2.24) is 0 Å². The first-order chi connectivity index (χ1) is 34.0. The van der Waals surface area contributed by atoms with Crippen LogP contribution >= 0.6 is 0 Å². The van der Waals surface area contributed by atoms with Crippen LogP contribution in [0.25, 0.3) is 0 Å². The van der Waals surface area contributed by atoms with Crippen LogP contribution in [-0.2, 0) is 28.6 Å². The molecule has 0 saturated carbocycles. The molecule has 0 amide bonds. The first kappa shape index (κ1) is 66.4. The van der Waals surface area contributed by atoms with Gasteiger partial charge >= 0.3 is 17.9 Å². The van der Waals surface area contributed by atoms with Gasteiger partial charge in [0.2, 0.25) is 0 Å². The zero-order valence-electron chi connectivity index (χ0n) is 46.1. The molecule has 0 aromatic carbocycles. The van der Waals surface area contributed by atoms with E-state index in [1.807, 2.05) is 12.2 Å². The molecule has 0 aromatic heterocycles. The van der Waals surface area contributed by atoms with Crippen LogP contribution in [0.1, 0.15) is 316 Å². The Hall–Kier alpha value is -2.63. The highest BCUT2D eigenvalue weighted by molar-refractivity contribution is 5.71. The molecule has 0 radical (unpaired) electrons. The fourth-order valence-corrected chi connectivity index (χ4v) is 8.87. The molecule has 1 unspecified atom stereocenters. The van der Waals surface area contributed by atoms with Crippen LogP contribution in [0.5, 0.6) is 0 Å². The molecule has 0 saturated heterocycles. The van der Waals surface area contributed by atoms with Crippen LogP contribution in [0.4, 0.5) is 0 Å². The van der Waals surface area contributed by atoms with Crippen molar-refractivity contribution in [3.63, 3.8) is 0 Å². The zero-order chi connectivity index (χ0) is 50.0. The molecule has 0 spiro atoms. The number of esters is 3. The first-order valence-corrected chi connectivity index (χ1v) is 30.1. The Morgan fingerprint density at radius 2 is 0.565 bits per heavy atom. The van der Waals surface area contributed by atoms with Gasteiger partial charge in [-0.1, -0.05) is 301 Å². The minimum absolute atomic E-state index is 0.0983. The van der Waals surface area contributed by atoms with E-state index in [9.17, 15) is 14.4 Å². The zero-order valence-corrected chi connectivity index (χ0v) is 46.1. The highest BCUT2D eigenvalue weighted by atomic mass is 16.6. The Morgan fingerprint density at radius 1 is 0.304 bits per heavy atom. The molecule has 69 heavy (non-hydrogen) atoms. The second-order valence-electron chi connectivity index (χ2n) is 20.2. The second kappa shape index (κ2) is 57.9. The lowest BCUT2D eigenvalue weighted by Crippen LogP contribution is -2.30. The molecule has 0 bridgehead atoms. The summed E-state index contributed by atoms with van der Waals surface area (Å²) in [6, 6.07) is 0. The minimum atomic E-state index is -0.805. The number of carbonyl (C=O) groups is 3. The number of ether oxygens (including phenoxy) is 3. The van der Waals surface area contributed by atoms with E-state index in [4.69, 9.17) is 14.2 Å². The van der Waals surface area contributed by atoms with Gasteiger partial charge in [-0.2, -0.15) is 0 Å². The first-order valence-electron chi connectivity index (χ1n) is 30.1. The summed E-state index contributed by atoms with van der Waals surface area (Å²) in [6.45, 7) is 6.45. The third-order valence-electron chi connectivity index (χ3n) is 13.4. The van der Waals surface area contributed by atoms with Crippen LogP contribution < -0.4 is 0 Å². The number of carbonyl (C=O) groups excluding carboxylic acids is 3. The van der Waals surface area contributed by atoms with Crippen LogP contribution in [0.3, 0.4) is 0 Å². The Morgan fingerprint density at radius 3 is 0.855 bits per heavy atom. The summed E-state index contributed by atoms with van der Waals surface area (Å²) in [4.78, 5) is 37.8. The van der Waals surface area contributed by atoms with Crippen molar-refractivity contribution in [2.24, 2.45) is 0 Å². The molecule has 402 valence electrons. The monoisotopic (exact) mass is 967 g/mol. The maximum absolute atomic E-state index is 12.7. The van der Waals surface area contributed by atoms with Gasteiger partial charge in [-0.05, 0) is 44.9 Å². The van der Waals surface area contributed by atoms with E-state index < -0.39 is 6.10 Å². The molecular formula is C63H114O6. The maximum Gasteiger partial charge on any atom is 0.306 e. The molecule has 0 aliphatic rings. The average Bonchev–Trinajstić information content (AvgIpc) is 3.35. The van der Waals surface area contributed by atoms with Gasteiger partial charge < -0.3 is 14.2 Å². The summed E-state index contributed by atoms with van der Waals surface area (Å²) in [5.74, 6) is -0.976. The predicted octanol–water partition coefficient (Wildman–Crippen LogP) is 20.2. The van der Waals surface area contributed by atoms with Gasteiger partial charge in [0.25, 0.3) is 0 Å². The normalized spacial score (nSPS) is 12.3. The summed E-state index contributed by atoms with van der Waals surface area (Å²) < 4.78 is 16.7. The van der Waals surface area contributed by atoms with Crippen molar-refractivity contribution in [2.45, 2.75) is 322 Å². The number of allylic oxidation sites excluding steroid dienone is 8. The largest absolute Gasteiger partial charge is 0.462 e. The van der Waals surface area contributed by atoms with Crippen molar-refractivity contribution in [3.8, 4) is 0 Å². The molecule has 6 nitrogen and oxygen atoms in total. The van der Waals surface area contributed by atoms with Crippen molar-refractivity contribution < 1.29 is 28.6 Å². The summed E-state index contributed by atoms with van der Waals surface area (Å²) >= 11 is 0. The Bertz CT molecular complexity index is 1200. The Labute approximate surface area is 428 Å². The lowest BCUT2D eigenvalue weighted by atomic mass is 10.0. The number of rotatable bonds is 55. The third-order valence-corrected chi connectivity index (χ3v) is 13.4. The maximum atomic E-state index is 12.7. The quantitative estimate of drug-likeness (QED) is 0.0262. The van der Waals surface area contributed by atoms with Crippen molar-refractivity contribution >= 4 is 17.9 Å². The summed E-state index contributed by atoms with van der Waals surface area (Å²) in [7, 11) is 0. The molecule has 0 fully saturated rings. The topological polar surface area (TPSA) is 78.9 Å². The summed E-state index contributed by atoms with van der Waals surface area (Å²) in [6.07, 6.45) is 71.9. The number of unbranched alkanes of at least 4 members (excludes halogenated alkanes) is 36. The lowest BCUT2D eigenvalue weighted by molar-refractivity contribution is -0.166. The van der Waals surface area contributed by atoms with Gasteiger partial charge in [-0.3, -0.25) is 14.4 Å². The number of hydrogen-bond acceptors (Lipinski definition) is 6. The van der Waals surface area contributed by atoms with Crippen molar-refractivity contribution in [1.29, 1.82) is 0 Å². The van der Waals surface area contributed by atoms with Gasteiger partial charge in [0.1, 0.15) is 13.2 Å². The molecule has 0 aliphatic carbocycles. The minimum Gasteiger partial charge on any atom is -0.462 e. The van der Waals surface area contributed by atoms with Gasteiger partial charge in [0.15, 0.2) is 6.10 Å². The van der Waals surface area contributed by atoms with E-state index in [1.54, 1.807) is 0 Å². The highest BCUT2D eigenvalue weighted by Crippen LogP contribution is 2.18. The van der Waals surface area contributed by atoms with E-state index in [1.165, 1.54) is 205 Å². The summed E-state index contributed by atoms with van der Waals surface area (Å²) in [5.41, 5.74) is 0. The predicted molar refractivity (Wildman–Crippen MR) is 298 cm³/mol. The second-order valence-corrected chi connectivity index (χ2v) is 20.2. The van der Waals surface area contributed by atoms with Crippen LogP contribution in [0, 0.1) is 0 Å². The van der Waals surface area contributed by atoms with E-state index in [-0.39, 0.29) is 37.5 Å². The Kier molecular flexibility index (Phi) is 55.7. The van der Waals surface area contributed by atoms with Crippen molar-refractivity contribution in [3.05, 3.63) is 48.6 Å². The molecule has 0 aromatic rings. The van der Waals surface area contributed by atoms with E-state index in [0.717, 1.165) is 64.2 Å². The van der Waals surface area contributed by atoms with E-state index in [0.29, 0.717) is 19.3 Å². The van der Waals surface area contributed by atoms with E-state index >= 15 is 0 Å². The number of hydrogen-bond donors (Lipinski definition) is 0.